The van der Waals surface area contributed by atoms with E-state index < -0.39 is 0 Å². The maximum atomic E-state index is 5.45. The molecule has 0 aliphatic carbocycles. The van der Waals surface area contributed by atoms with E-state index in [0.29, 0.717) is 6.54 Å². The van der Waals surface area contributed by atoms with E-state index in [-0.39, 0.29) is 0 Å². The Balaban J connectivity index is 2.08. The highest BCUT2D eigenvalue weighted by Gasteiger charge is 2.04. The molecule has 2 rings (SSSR count). The Morgan fingerprint density at radius 1 is 1.18 bits per heavy atom. The molecule has 0 saturated heterocycles. The summed E-state index contributed by atoms with van der Waals surface area (Å²) in [6.07, 6.45) is 0. The molecule has 2 aromatic rings. The van der Waals surface area contributed by atoms with Crippen LogP contribution in [0.25, 0.3) is 0 Å². The summed E-state index contributed by atoms with van der Waals surface area (Å²) in [6, 6.07) is 12.1. The van der Waals surface area contributed by atoms with Crippen LogP contribution in [0.4, 0.5) is 11.4 Å². The predicted octanol–water partition coefficient (Wildman–Crippen LogP) is 3.72. The third-order valence-electron chi connectivity index (χ3n) is 2.47. The van der Waals surface area contributed by atoms with Gasteiger partial charge in [0.25, 0.3) is 0 Å². The number of halogens is 1. The number of benzene rings is 1. The minimum atomic E-state index is 0.677. The fraction of sp³-hybridized carbons (Fsp3) is 0.231. The highest BCUT2D eigenvalue weighted by atomic mass is 79.9. The molecule has 1 aromatic heterocycles. The Hall–Kier alpha value is -1.42. The zero-order valence-corrected chi connectivity index (χ0v) is 11.5. The molecule has 1 aromatic carbocycles. The topological polar surface area (TPSA) is 28.4 Å². The number of furan rings is 1. The molecule has 0 aliphatic heterocycles. The summed E-state index contributed by atoms with van der Waals surface area (Å²) in [6.45, 7) is 0.677. The quantitative estimate of drug-likeness (QED) is 0.932. The number of anilines is 2. The van der Waals surface area contributed by atoms with Crippen molar-refractivity contribution in [2.45, 2.75) is 6.54 Å². The average Bonchev–Trinajstić information content (AvgIpc) is 2.73. The van der Waals surface area contributed by atoms with Crippen LogP contribution in [-0.4, -0.2) is 14.1 Å². The van der Waals surface area contributed by atoms with E-state index in [1.54, 1.807) is 0 Å². The third kappa shape index (κ3) is 3.03. The molecular weight excluding hydrogens is 280 g/mol. The molecular formula is C13H15BrN2O. The largest absolute Gasteiger partial charge is 0.452 e. The van der Waals surface area contributed by atoms with E-state index >= 15 is 0 Å². The molecule has 1 N–H and O–H groups in total. The van der Waals surface area contributed by atoms with Gasteiger partial charge in [0.05, 0.1) is 17.9 Å². The first-order chi connectivity index (χ1) is 8.16. The molecule has 17 heavy (non-hydrogen) atoms. The average molecular weight is 295 g/mol. The number of rotatable bonds is 4. The van der Waals surface area contributed by atoms with Crippen molar-refractivity contribution in [1.82, 2.24) is 0 Å². The van der Waals surface area contributed by atoms with Crippen molar-refractivity contribution >= 4 is 27.3 Å². The minimum Gasteiger partial charge on any atom is -0.452 e. The smallest absolute Gasteiger partial charge is 0.169 e. The van der Waals surface area contributed by atoms with Crippen LogP contribution in [0.1, 0.15) is 5.76 Å². The summed E-state index contributed by atoms with van der Waals surface area (Å²) in [7, 11) is 4.06. The van der Waals surface area contributed by atoms with Crippen LogP contribution in [0.5, 0.6) is 0 Å². The molecule has 0 saturated carbocycles. The molecule has 0 spiro atoms. The van der Waals surface area contributed by atoms with Crippen molar-refractivity contribution in [3.63, 3.8) is 0 Å². The maximum Gasteiger partial charge on any atom is 0.169 e. The van der Waals surface area contributed by atoms with Gasteiger partial charge in [0.15, 0.2) is 4.67 Å². The maximum absolute atomic E-state index is 5.45. The van der Waals surface area contributed by atoms with Gasteiger partial charge >= 0.3 is 0 Å². The SMILES string of the molecule is CN(C)c1ccccc1NCc1ccc(Br)o1. The van der Waals surface area contributed by atoms with Gasteiger partial charge in [0.1, 0.15) is 5.76 Å². The number of hydrogen-bond donors (Lipinski definition) is 1. The van der Waals surface area contributed by atoms with Crippen molar-refractivity contribution in [1.29, 1.82) is 0 Å². The number of nitrogens with zero attached hydrogens (tertiary/aromatic N) is 1. The van der Waals surface area contributed by atoms with Gasteiger partial charge in [-0.15, -0.1) is 0 Å². The number of para-hydroxylation sites is 2. The van der Waals surface area contributed by atoms with Crippen molar-refractivity contribution in [3.05, 3.63) is 46.8 Å². The summed E-state index contributed by atoms with van der Waals surface area (Å²) in [5.74, 6) is 0.908. The highest BCUT2D eigenvalue weighted by molar-refractivity contribution is 9.10. The van der Waals surface area contributed by atoms with Crippen LogP contribution in [0.2, 0.25) is 0 Å². The van der Waals surface area contributed by atoms with E-state index in [9.17, 15) is 0 Å². The standard InChI is InChI=1S/C13H15BrN2O/c1-16(2)12-6-4-3-5-11(12)15-9-10-7-8-13(14)17-10/h3-8,15H,9H2,1-2H3. The predicted molar refractivity (Wildman–Crippen MR) is 74.5 cm³/mol. The number of hydrogen-bond acceptors (Lipinski definition) is 3. The van der Waals surface area contributed by atoms with E-state index in [0.717, 1.165) is 21.8 Å². The molecule has 90 valence electrons. The molecule has 3 nitrogen and oxygen atoms in total. The zero-order valence-electron chi connectivity index (χ0n) is 9.90. The van der Waals surface area contributed by atoms with Crippen LogP contribution < -0.4 is 10.2 Å². The Morgan fingerprint density at radius 3 is 2.59 bits per heavy atom. The lowest BCUT2D eigenvalue weighted by Gasteiger charge is -2.17. The van der Waals surface area contributed by atoms with Crippen LogP contribution >= 0.6 is 15.9 Å². The first-order valence-corrected chi connectivity index (χ1v) is 6.20. The summed E-state index contributed by atoms with van der Waals surface area (Å²) >= 11 is 3.29. The van der Waals surface area contributed by atoms with E-state index in [4.69, 9.17) is 4.42 Å². The molecule has 0 radical (unpaired) electrons. The number of nitrogens with one attached hydrogen (secondary N) is 1. The van der Waals surface area contributed by atoms with Gasteiger partial charge in [-0.1, -0.05) is 12.1 Å². The molecule has 0 unspecified atom stereocenters. The lowest BCUT2D eigenvalue weighted by molar-refractivity contribution is 0.495. The third-order valence-corrected chi connectivity index (χ3v) is 2.89. The van der Waals surface area contributed by atoms with Gasteiger partial charge in [-0.05, 0) is 40.2 Å². The Morgan fingerprint density at radius 2 is 1.94 bits per heavy atom. The molecule has 4 heteroatoms. The summed E-state index contributed by atoms with van der Waals surface area (Å²) < 4.78 is 6.21. The second-order valence-electron chi connectivity index (χ2n) is 3.97. The van der Waals surface area contributed by atoms with E-state index in [2.05, 4.69) is 38.3 Å². The van der Waals surface area contributed by atoms with Crippen LogP contribution in [-0.2, 0) is 6.54 Å². The molecule has 0 amide bonds. The molecule has 0 aliphatic rings. The zero-order chi connectivity index (χ0) is 12.3. The lowest BCUT2D eigenvalue weighted by atomic mass is 10.2. The van der Waals surface area contributed by atoms with Crippen LogP contribution in [0.3, 0.4) is 0 Å². The first kappa shape index (κ1) is 12.0. The van der Waals surface area contributed by atoms with Gasteiger partial charge in [-0.25, -0.2) is 0 Å². The monoisotopic (exact) mass is 294 g/mol. The fourth-order valence-corrected chi connectivity index (χ4v) is 1.98. The highest BCUT2D eigenvalue weighted by Crippen LogP contribution is 2.24. The molecule has 0 atom stereocenters. The van der Waals surface area contributed by atoms with Crippen molar-refractivity contribution in [2.24, 2.45) is 0 Å². The Kier molecular flexibility index (Phi) is 3.74. The summed E-state index contributed by atoms with van der Waals surface area (Å²) in [5, 5.41) is 3.37. The van der Waals surface area contributed by atoms with Gasteiger partial charge in [-0.2, -0.15) is 0 Å². The van der Waals surface area contributed by atoms with Crippen molar-refractivity contribution in [3.8, 4) is 0 Å². The van der Waals surface area contributed by atoms with Crippen molar-refractivity contribution < 1.29 is 4.42 Å². The van der Waals surface area contributed by atoms with Crippen molar-refractivity contribution in [2.75, 3.05) is 24.3 Å². The van der Waals surface area contributed by atoms with Gasteiger partial charge < -0.3 is 14.6 Å². The second kappa shape index (κ2) is 5.27. The first-order valence-electron chi connectivity index (χ1n) is 5.41. The van der Waals surface area contributed by atoms with E-state index in [1.165, 1.54) is 0 Å². The fourth-order valence-electron chi connectivity index (χ4n) is 1.64. The Labute approximate surface area is 110 Å². The van der Waals surface area contributed by atoms with Gasteiger partial charge in [0, 0.05) is 14.1 Å². The van der Waals surface area contributed by atoms with Crippen LogP contribution in [0.15, 0.2) is 45.5 Å². The Bertz CT molecular complexity index is 494. The molecule has 0 bridgehead atoms. The lowest BCUT2D eigenvalue weighted by Crippen LogP contribution is -2.11. The van der Waals surface area contributed by atoms with Crippen LogP contribution in [0, 0.1) is 0 Å². The molecule has 1 heterocycles. The van der Waals surface area contributed by atoms with Gasteiger partial charge in [-0.3, -0.25) is 0 Å². The minimum absolute atomic E-state index is 0.677. The summed E-state index contributed by atoms with van der Waals surface area (Å²) in [4.78, 5) is 2.08. The normalized spacial score (nSPS) is 10.3. The second-order valence-corrected chi connectivity index (χ2v) is 4.75. The summed E-state index contributed by atoms with van der Waals surface area (Å²) in [5.41, 5.74) is 2.27. The van der Waals surface area contributed by atoms with Gasteiger partial charge in [0.2, 0.25) is 0 Å². The van der Waals surface area contributed by atoms with E-state index in [1.807, 2.05) is 38.4 Å². The molecule has 0 fully saturated rings.